The van der Waals surface area contributed by atoms with Crippen LogP contribution in [0, 0.1) is 5.82 Å². The van der Waals surface area contributed by atoms with Crippen molar-refractivity contribution in [3.05, 3.63) is 59.9 Å². The van der Waals surface area contributed by atoms with Gasteiger partial charge in [-0.25, -0.2) is 9.18 Å². The molecule has 1 N–H and O–H groups in total. The second-order valence-corrected chi connectivity index (χ2v) is 3.98. The topological polar surface area (TPSA) is 68.1 Å². The highest BCUT2D eigenvalue weighted by Gasteiger charge is 2.11. The summed E-state index contributed by atoms with van der Waals surface area (Å²) in [7, 11) is 0. The molecule has 0 amide bonds. The first kappa shape index (κ1) is 14.5. The van der Waals surface area contributed by atoms with Gasteiger partial charge >= 0.3 is 5.97 Å². The van der Waals surface area contributed by atoms with Gasteiger partial charge in [0.1, 0.15) is 23.9 Å². The molecular formula is C15H12FNO4. The maximum absolute atomic E-state index is 13.8. The lowest BCUT2D eigenvalue weighted by Gasteiger charge is -2.11. The monoisotopic (exact) mass is 289 g/mol. The van der Waals surface area contributed by atoms with Crippen LogP contribution in [0.25, 0.3) is 0 Å². The molecule has 0 fully saturated rings. The highest BCUT2D eigenvalue weighted by Crippen LogP contribution is 2.27. The Balaban J connectivity index is 2.14. The van der Waals surface area contributed by atoms with Crippen LogP contribution in [0.5, 0.6) is 11.5 Å². The van der Waals surface area contributed by atoms with Crippen molar-refractivity contribution in [2.75, 3.05) is 0 Å². The number of carbonyl (C=O) groups is 1. The second kappa shape index (κ2) is 7.04. The lowest BCUT2D eigenvalue weighted by Crippen LogP contribution is -1.99. The fourth-order valence-electron chi connectivity index (χ4n) is 1.57. The van der Waals surface area contributed by atoms with Crippen molar-refractivity contribution in [3.8, 4) is 11.5 Å². The molecule has 0 radical (unpaired) electrons. The van der Waals surface area contributed by atoms with Gasteiger partial charge in [0.25, 0.3) is 0 Å². The molecule has 0 saturated carbocycles. The molecule has 2 rings (SSSR count). The molecule has 21 heavy (non-hydrogen) atoms. The van der Waals surface area contributed by atoms with Gasteiger partial charge in [0.2, 0.25) is 0 Å². The van der Waals surface area contributed by atoms with Crippen LogP contribution in [0.4, 0.5) is 4.39 Å². The van der Waals surface area contributed by atoms with Crippen molar-refractivity contribution in [2.24, 2.45) is 5.16 Å². The van der Waals surface area contributed by atoms with Crippen LogP contribution >= 0.6 is 0 Å². The van der Waals surface area contributed by atoms with Gasteiger partial charge in [-0.15, -0.1) is 0 Å². The highest BCUT2D eigenvalue weighted by molar-refractivity contribution is 6.21. The minimum Gasteiger partial charge on any atom is -0.477 e. The fraction of sp³-hybridized carbons (Fsp3) is 0.0667. The number of halogens is 1. The minimum atomic E-state index is -1.25. The van der Waals surface area contributed by atoms with E-state index >= 15 is 0 Å². The first-order chi connectivity index (χ1) is 10.2. The number of carboxylic acids is 1. The Morgan fingerprint density at radius 3 is 2.67 bits per heavy atom. The molecule has 0 unspecified atom stereocenters. The van der Waals surface area contributed by atoms with Gasteiger partial charge in [-0.05, 0) is 24.3 Å². The zero-order chi connectivity index (χ0) is 15.1. The van der Waals surface area contributed by atoms with Gasteiger partial charge in [0, 0.05) is 0 Å². The number of carboxylic acid groups (broad SMARTS) is 1. The molecular weight excluding hydrogens is 277 g/mol. The van der Waals surface area contributed by atoms with Crippen molar-refractivity contribution in [1.29, 1.82) is 0 Å². The van der Waals surface area contributed by atoms with Crippen LogP contribution < -0.4 is 4.74 Å². The Bertz CT molecular complexity index is 643. The molecule has 0 aliphatic rings. The first-order valence-corrected chi connectivity index (χ1v) is 6.05. The predicted molar refractivity (Wildman–Crippen MR) is 73.8 cm³/mol. The Kier molecular flexibility index (Phi) is 4.87. The third-order valence-corrected chi connectivity index (χ3v) is 2.49. The Morgan fingerprint density at radius 2 is 1.95 bits per heavy atom. The summed E-state index contributed by atoms with van der Waals surface area (Å²) in [6.45, 7) is -0.237. The van der Waals surface area contributed by atoms with Gasteiger partial charge in [-0.3, -0.25) is 0 Å². The second-order valence-electron chi connectivity index (χ2n) is 3.98. The highest BCUT2D eigenvalue weighted by atomic mass is 19.1. The number of rotatable bonds is 6. The molecule has 0 heterocycles. The number of nitrogens with zero attached hydrogens (tertiary/aromatic N) is 1. The molecule has 6 heteroatoms. The van der Waals surface area contributed by atoms with E-state index in [9.17, 15) is 9.18 Å². The molecule has 0 atom stereocenters. The smallest absolute Gasteiger partial charge is 0.350 e. The standard InChI is InChI=1S/C15H12FNO4/c16-13-7-4-8-14(21-11-5-2-1-3-6-11)12(13)10-20-17-9-15(18)19/h1-9H,10H2,(H,18,19)/b17-9-. The van der Waals surface area contributed by atoms with Crippen LogP contribution in [0.15, 0.2) is 53.7 Å². The van der Waals surface area contributed by atoms with Gasteiger partial charge in [-0.2, -0.15) is 0 Å². The molecule has 2 aromatic rings. The molecule has 0 saturated heterocycles. The number of aliphatic carboxylic acids is 1. The third-order valence-electron chi connectivity index (χ3n) is 2.49. The van der Waals surface area contributed by atoms with E-state index in [1.165, 1.54) is 12.1 Å². The summed E-state index contributed by atoms with van der Waals surface area (Å²) in [5, 5.41) is 11.6. The van der Waals surface area contributed by atoms with Crippen LogP contribution in [-0.4, -0.2) is 17.3 Å². The zero-order valence-corrected chi connectivity index (χ0v) is 10.9. The SMILES string of the molecule is O=C(O)/C=N\OCc1c(F)cccc1Oc1ccccc1. The van der Waals surface area contributed by atoms with E-state index in [0.717, 1.165) is 0 Å². The van der Waals surface area contributed by atoms with E-state index in [1.807, 2.05) is 6.07 Å². The minimum absolute atomic E-state index is 0.156. The molecule has 0 aliphatic heterocycles. The molecule has 0 spiro atoms. The number of benzene rings is 2. The summed E-state index contributed by atoms with van der Waals surface area (Å²) in [6, 6.07) is 13.3. The van der Waals surface area contributed by atoms with E-state index < -0.39 is 11.8 Å². The van der Waals surface area contributed by atoms with Crippen molar-refractivity contribution in [3.63, 3.8) is 0 Å². The predicted octanol–water partition coefficient (Wildman–Crippen LogP) is 3.21. The average Bonchev–Trinajstić information content (AvgIpc) is 2.46. The molecule has 2 aromatic carbocycles. The van der Waals surface area contributed by atoms with Gasteiger partial charge in [0.05, 0.1) is 5.56 Å². The Labute approximate surface area is 120 Å². The third kappa shape index (κ3) is 4.31. The van der Waals surface area contributed by atoms with Gasteiger partial charge in [0.15, 0.2) is 6.21 Å². The first-order valence-electron chi connectivity index (χ1n) is 6.05. The number of ether oxygens (including phenoxy) is 1. The summed E-state index contributed by atoms with van der Waals surface area (Å²) in [6.07, 6.45) is 0.582. The molecule has 0 aromatic heterocycles. The Hall–Kier alpha value is -2.89. The van der Waals surface area contributed by atoms with Crippen molar-refractivity contribution >= 4 is 12.2 Å². The summed E-state index contributed by atoms with van der Waals surface area (Å²) in [5.74, 6) is -0.927. The van der Waals surface area contributed by atoms with E-state index in [1.54, 1.807) is 30.3 Å². The van der Waals surface area contributed by atoms with E-state index in [-0.39, 0.29) is 17.9 Å². The van der Waals surface area contributed by atoms with Crippen molar-refractivity contribution in [1.82, 2.24) is 0 Å². The van der Waals surface area contributed by atoms with Crippen molar-refractivity contribution < 1.29 is 23.9 Å². The average molecular weight is 289 g/mol. The van der Waals surface area contributed by atoms with Crippen molar-refractivity contribution in [2.45, 2.75) is 6.61 Å². The maximum atomic E-state index is 13.8. The number of para-hydroxylation sites is 1. The van der Waals surface area contributed by atoms with Gasteiger partial charge in [-0.1, -0.05) is 29.4 Å². The molecule has 5 nitrogen and oxygen atoms in total. The summed E-state index contributed by atoms with van der Waals surface area (Å²) in [4.78, 5) is 15.0. The van der Waals surface area contributed by atoms with E-state index in [2.05, 4.69) is 5.16 Å². The van der Waals surface area contributed by atoms with Crippen LogP contribution in [0.3, 0.4) is 0 Å². The molecule has 0 aliphatic carbocycles. The van der Waals surface area contributed by atoms with Crippen LogP contribution in [-0.2, 0) is 16.2 Å². The lowest BCUT2D eigenvalue weighted by molar-refractivity contribution is -0.129. The molecule has 0 bridgehead atoms. The van der Waals surface area contributed by atoms with E-state index in [0.29, 0.717) is 12.0 Å². The maximum Gasteiger partial charge on any atom is 0.350 e. The fourth-order valence-corrected chi connectivity index (χ4v) is 1.57. The summed E-state index contributed by atoms with van der Waals surface area (Å²) < 4.78 is 19.4. The number of hydrogen-bond acceptors (Lipinski definition) is 4. The lowest BCUT2D eigenvalue weighted by atomic mass is 10.2. The molecule has 108 valence electrons. The number of hydrogen-bond donors (Lipinski definition) is 1. The quantitative estimate of drug-likeness (QED) is 0.655. The van der Waals surface area contributed by atoms with Gasteiger partial charge < -0.3 is 14.7 Å². The van der Waals surface area contributed by atoms with E-state index in [4.69, 9.17) is 14.7 Å². The Morgan fingerprint density at radius 1 is 1.19 bits per heavy atom. The number of oxime groups is 1. The normalized spacial score (nSPS) is 10.5. The summed E-state index contributed by atoms with van der Waals surface area (Å²) in [5.41, 5.74) is 0.156. The summed E-state index contributed by atoms with van der Waals surface area (Å²) >= 11 is 0. The zero-order valence-electron chi connectivity index (χ0n) is 10.9. The van der Waals surface area contributed by atoms with Crippen LogP contribution in [0.2, 0.25) is 0 Å². The van der Waals surface area contributed by atoms with Crippen LogP contribution in [0.1, 0.15) is 5.56 Å². The largest absolute Gasteiger partial charge is 0.477 e.